The largest absolute Gasteiger partial charge is 0.389 e. The standard InChI is InChI=1S/C10H10F4IN/c11-8-2-1-6(15)5-7(8)9(16)3-4-10(12,13)14/h1-2,5,9H,3-4,16H2/t9-/m0/s1. The van der Waals surface area contributed by atoms with Gasteiger partial charge in [0.25, 0.3) is 0 Å². The maximum absolute atomic E-state index is 13.3. The van der Waals surface area contributed by atoms with Gasteiger partial charge >= 0.3 is 6.18 Å². The minimum absolute atomic E-state index is 0.135. The monoisotopic (exact) mass is 347 g/mol. The number of rotatable bonds is 3. The predicted octanol–water partition coefficient (Wildman–Crippen LogP) is 3.77. The van der Waals surface area contributed by atoms with Crippen molar-refractivity contribution in [2.45, 2.75) is 25.1 Å². The highest BCUT2D eigenvalue weighted by Gasteiger charge is 2.28. The van der Waals surface area contributed by atoms with Gasteiger partial charge in [-0.3, -0.25) is 0 Å². The first-order valence-electron chi connectivity index (χ1n) is 4.57. The van der Waals surface area contributed by atoms with Gasteiger partial charge in [-0.2, -0.15) is 13.2 Å². The van der Waals surface area contributed by atoms with Crippen LogP contribution in [0.25, 0.3) is 0 Å². The van der Waals surface area contributed by atoms with Gasteiger partial charge in [-0.05, 0) is 47.2 Å². The molecule has 0 amide bonds. The highest BCUT2D eigenvalue weighted by atomic mass is 127. The lowest BCUT2D eigenvalue weighted by Crippen LogP contribution is -2.17. The summed E-state index contributed by atoms with van der Waals surface area (Å²) in [5.74, 6) is -0.560. The smallest absolute Gasteiger partial charge is 0.324 e. The fourth-order valence-corrected chi connectivity index (χ4v) is 1.79. The second kappa shape index (κ2) is 5.31. The Hall–Kier alpha value is -0.370. The molecule has 0 unspecified atom stereocenters. The first-order chi connectivity index (χ1) is 7.29. The molecule has 0 fully saturated rings. The molecule has 0 saturated heterocycles. The summed E-state index contributed by atoms with van der Waals surface area (Å²) in [7, 11) is 0. The van der Waals surface area contributed by atoms with Crippen LogP contribution in [0.2, 0.25) is 0 Å². The Kier molecular flexibility index (Phi) is 4.54. The van der Waals surface area contributed by atoms with Gasteiger partial charge in [-0.25, -0.2) is 4.39 Å². The molecular formula is C10H10F4IN. The topological polar surface area (TPSA) is 26.0 Å². The summed E-state index contributed by atoms with van der Waals surface area (Å²) in [6, 6.07) is 3.30. The minimum Gasteiger partial charge on any atom is -0.324 e. The summed E-state index contributed by atoms with van der Waals surface area (Å²) in [5.41, 5.74) is 5.66. The van der Waals surface area contributed by atoms with Crippen molar-refractivity contribution in [3.8, 4) is 0 Å². The van der Waals surface area contributed by atoms with Crippen LogP contribution in [0, 0.1) is 9.39 Å². The number of benzene rings is 1. The van der Waals surface area contributed by atoms with Crippen molar-refractivity contribution in [2.24, 2.45) is 5.73 Å². The van der Waals surface area contributed by atoms with Gasteiger partial charge < -0.3 is 5.73 Å². The van der Waals surface area contributed by atoms with E-state index in [1.807, 2.05) is 22.6 Å². The van der Waals surface area contributed by atoms with E-state index in [-0.39, 0.29) is 12.0 Å². The van der Waals surface area contributed by atoms with Crippen LogP contribution < -0.4 is 5.73 Å². The molecule has 0 aliphatic carbocycles. The maximum Gasteiger partial charge on any atom is 0.389 e. The van der Waals surface area contributed by atoms with E-state index in [1.165, 1.54) is 18.2 Å². The Morgan fingerprint density at radius 1 is 1.31 bits per heavy atom. The minimum atomic E-state index is -4.25. The molecule has 1 aromatic carbocycles. The molecule has 6 heteroatoms. The van der Waals surface area contributed by atoms with Gasteiger partial charge in [-0.15, -0.1) is 0 Å². The second-order valence-corrected chi connectivity index (χ2v) is 4.67. The number of hydrogen-bond donors (Lipinski definition) is 1. The molecule has 0 aliphatic rings. The van der Waals surface area contributed by atoms with Crippen LogP contribution in [-0.4, -0.2) is 6.18 Å². The quantitative estimate of drug-likeness (QED) is 0.654. The average Bonchev–Trinajstić information content (AvgIpc) is 2.17. The average molecular weight is 347 g/mol. The maximum atomic E-state index is 13.3. The summed E-state index contributed by atoms with van der Waals surface area (Å²) < 4.78 is 49.9. The van der Waals surface area contributed by atoms with E-state index in [4.69, 9.17) is 5.73 Å². The number of halogens is 5. The summed E-state index contributed by atoms with van der Waals surface area (Å²) >= 11 is 1.96. The molecule has 0 heterocycles. The third-order valence-corrected chi connectivity index (χ3v) is 2.77. The lowest BCUT2D eigenvalue weighted by molar-refractivity contribution is -0.136. The molecule has 1 aromatic rings. The normalized spacial score (nSPS) is 13.9. The van der Waals surface area contributed by atoms with Crippen molar-refractivity contribution in [1.82, 2.24) is 0 Å². The molecule has 0 radical (unpaired) electrons. The van der Waals surface area contributed by atoms with Gasteiger partial charge in [0.15, 0.2) is 0 Å². The van der Waals surface area contributed by atoms with Crippen LogP contribution in [0.15, 0.2) is 18.2 Å². The van der Waals surface area contributed by atoms with E-state index in [1.54, 1.807) is 0 Å². The fourth-order valence-electron chi connectivity index (χ4n) is 1.27. The Bertz CT molecular complexity index is 364. The lowest BCUT2D eigenvalue weighted by atomic mass is 10.0. The van der Waals surface area contributed by atoms with Crippen molar-refractivity contribution in [3.63, 3.8) is 0 Å². The van der Waals surface area contributed by atoms with E-state index in [0.717, 1.165) is 3.57 Å². The molecule has 2 N–H and O–H groups in total. The third kappa shape index (κ3) is 4.25. The summed E-state index contributed by atoms with van der Waals surface area (Å²) in [6.07, 6.45) is -5.56. The van der Waals surface area contributed by atoms with E-state index in [2.05, 4.69) is 0 Å². The number of nitrogens with two attached hydrogens (primary N) is 1. The van der Waals surface area contributed by atoms with Gasteiger partial charge in [-0.1, -0.05) is 0 Å². The van der Waals surface area contributed by atoms with Crippen LogP contribution in [0.4, 0.5) is 17.6 Å². The van der Waals surface area contributed by atoms with Crippen LogP contribution in [0.1, 0.15) is 24.4 Å². The van der Waals surface area contributed by atoms with Gasteiger partial charge in [0.1, 0.15) is 5.82 Å². The zero-order valence-electron chi connectivity index (χ0n) is 8.19. The van der Waals surface area contributed by atoms with Crippen molar-refractivity contribution < 1.29 is 17.6 Å². The van der Waals surface area contributed by atoms with Crippen LogP contribution in [0.3, 0.4) is 0 Å². The highest BCUT2D eigenvalue weighted by Crippen LogP contribution is 2.27. The second-order valence-electron chi connectivity index (χ2n) is 3.43. The van der Waals surface area contributed by atoms with Crippen LogP contribution >= 0.6 is 22.6 Å². The Morgan fingerprint density at radius 3 is 2.50 bits per heavy atom. The van der Waals surface area contributed by atoms with Crippen LogP contribution in [0.5, 0.6) is 0 Å². The first-order valence-corrected chi connectivity index (χ1v) is 5.65. The lowest BCUT2D eigenvalue weighted by Gasteiger charge is -2.14. The fraction of sp³-hybridized carbons (Fsp3) is 0.400. The van der Waals surface area contributed by atoms with Gasteiger partial charge in [0, 0.05) is 21.6 Å². The zero-order chi connectivity index (χ0) is 12.3. The first kappa shape index (κ1) is 13.7. The van der Waals surface area contributed by atoms with E-state index in [9.17, 15) is 17.6 Å². The van der Waals surface area contributed by atoms with Crippen molar-refractivity contribution in [3.05, 3.63) is 33.1 Å². The van der Waals surface area contributed by atoms with Crippen molar-refractivity contribution >= 4 is 22.6 Å². The Labute approximate surface area is 104 Å². The molecular weight excluding hydrogens is 337 g/mol. The van der Waals surface area contributed by atoms with Crippen molar-refractivity contribution in [1.29, 1.82) is 0 Å². The molecule has 0 spiro atoms. The molecule has 1 rings (SSSR count). The molecule has 0 aromatic heterocycles. The number of hydrogen-bond acceptors (Lipinski definition) is 1. The molecule has 1 nitrogen and oxygen atoms in total. The SMILES string of the molecule is N[C@@H](CCC(F)(F)F)c1cc(I)ccc1F. The van der Waals surface area contributed by atoms with E-state index in [0.29, 0.717) is 0 Å². The Balaban J connectivity index is 2.73. The van der Waals surface area contributed by atoms with Crippen molar-refractivity contribution in [2.75, 3.05) is 0 Å². The molecule has 1 atom stereocenters. The third-order valence-electron chi connectivity index (χ3n) is 2.10. The van der Waals surface area contributed by atoms with E-state index < -0.39 is 24.5 Å². The van der Waals surface area contributed by atoms with Gasteiger partial charge in [0.05, 0.1) is 0 Å². The van der Waals surface area contributed by atoms with Crippen LogP contribution in [-0.2, 0) is 0 Å². The highest BCUT2D eigenvalue weighted by molar-refractivity contribution is 14.1. The summed E-state index contributed by atoms with van der Waals surface area (Å²) in [4.78, 5) is 0. The Morgan fingerprint density at radius 2 is 1.94 bits per heavy atom. The molecule has 0 aliphatic heterocycles. The van der Waals surface area contributed by atoms with Gasteiger partial charge in [0.2, 0.25) is 0 Å². The summed E-state index contributed by atoms with van der Waals surface area (Å²) in [6.45, 7) is 0. The molecule has 0 saturated carbocycles. The molecule has 0 bridgehead atoms. The summed E-state index contributed by atoms with van der Waals surface area (Å²) in [5, 5.41) is 0. The van der Waals surface area contributed by atoms with E-state index >= 15 is 0 Å². The molecule has 16 heavy (non-hydrogen) atoms. The molecule has 90 valence electrons. The predicted molar refractivity (Wildman–Crippen MR) is 61.3 cm³/mol. The zero-order valence-corrected chi connectivity index (χ0v) is 10.3. The number of alkyl halides is 3.